The first-order chi connectivity index (χ1) is 23.5. The largest absolute Gasteiger partial charge is 0.480 e. The molecular weight excluding hydrogens is 683 g/mol. The summed E-state index contributed by atoms with van der Waals surface area (Å²) in [5.74, 6) is 0.0952. The summed E-state index contributed by atoms with van der Waals surface area (Å²) in [4.78, 5) is 39.0. The summed E-state index contributed by atoms with van der Waals surface area (Å²) in [5.41, 5.74) is 0.781. The first-order valence-corrected chi connectivity index (χ1v) is 15.9. The van der Waals surface area contributed by atoms with Crippen molar-refractivity contribution in [2.24, 2.45) is 14.1 Å². The number of rotatable bonds is 9. The normalized spacial score (nSPS) is 16.3. The maximum absolute atomic E-state index is 13.9. The van der Waals surface area contributed by atoms with Crippen molar-refractivity contribution >= 4 is 45.6 Å². The molecule has 3 aromatic heterocycles. The van der Waals surface area contributed by atoms with Gasteiger partial charge in [0.05, 0.1) is 53.0 Å². The topological polar surface area (TPSA) is 145 Å². The first kappa shape index (κ1) is 34.4. The molecule has 1 aliphatic heterocycles. The molecule has 16 heteroatoms. The molecule has 0 aliphatic carbocycles. The summed E-state index contributed by atoms with van der Waals surface area (Å²) in [7, 11) is 4.16. The molecule has 1 fully saturated rings. The van der Waals surface area contributed by atoms with Crippen LogP contribution in [0.1, 0.15) is 24.2 Å². The van der Waals surface area contributed by atoms with Crippen LogP contribution >= 0.6 is 23.2 Å². The second-order valence-corrected chi connectivity index (χ2v) is 12.1. The van der Waals surface area contributed by atoms with Crippen LogP contribution in [-0.4, -0.2) is 61.7 Å². The van der Waals surface area contributed by atoms with Gasteiger partial charge in [-0.3, -0.25) is 18.9 Å². The van der Waals surface area contributed by atoms with Crippen LogP contribution in [0, 0.1) is 0 Å². The second kappa shape index (κ2) is 14.2. The average molecular weight is 715 g/mol. The molecule has 1 saturated heterocycles. The van der Waals surface area contributed by atoms with Crippen LogP contribution in [0.25, 0.3) is 33.3 Å². The Labute approximate surface area is 288 Å². The number of methoxy groups -OCH3 is 1. The summed E-state index contributed by atoms with van der Waals surface area (Å²) in [6.45, 7) is 1.13. The minimum absolute atomic E-state index is 0.0107. The number of benzene rings is 2. The van der Waals surface area contributed by atoms with Gasteiger partial charge >= 0.3 is 5.69 Å². The fourth-order valence-electron chi connectivity index (χ4n) is 5.71. The Hall–Kier alpha value is -4.47. The van der Waals surface area contributed by atoms with Crippen LogP contribution in [-0.2, 0) is 25.4 Å². The SMILES string of the molecule is COc1nc(-c2cccc(-c3cccc(Nc4nc(C(F)F)cc5c4c(=O)n(C)c(=O)n5C)c3Cl)c2Cl)cnc1CN[C@@H]1CCOC[C@H]1O. The molecule has 12 nitrogen and oxygen atoms in total. The predicted molar refractivity (Wildman–Crippen MR) is 182 cm³/mol. The minimum Gasteiger partial charge on any atom is -0.480 e. The number of fused-ring (bicyclic) bond motifs is 1. The molecule has 0 saturated carbocycles. The molecule has 49 heavy (non-hydrogen) atoms. The monoisotopic (exact) mass is 713 g/mol. The van der Waals surface area contributed by atoms with Crippen LogP contribution in [0.5, 0.6) is 5.88 Å². The van der Waals surface area contributed by atoms with Gasteiger partial charge in [-0.05, 0) is 18.6 Å². The number of aliphatic hydroxyl groups is 1. The van der Waals surface area contributed by atoms with E-state index >= 15 is 0 Å². The molecule has 6 rings (SSSR count). The lowest BCUT2D eigenvalue weighted by molar-refractivity contribution is -0.0281. The third-order valence-electron chi connectivity index (χ3n) is 8.38. The lowest BCUT2D eigenvalue weighted by atomic mass is 10.0. The van der Waals surface area contributed by atoms with Crippen LogP contribution in [0.2, 0.25) is 10.0 Å². The number of aliphatic hydroxyl groups excluding tert-OH is 1. The minimum atomic E-state index is -2.97. The van der Waals surface area contributed by atoms with Crippen LogP contribution in [0.3, 0.4) is 0 Å². The third-order valence-corrected chi connectivity index (χ3v) is 9.19. The Morgan fingerprint density at radius 3 is 2.49 bits per heavy atom. The highest BCUT2D eigenvalue weighted by atomic mass is 35.5. The Morgan fingerprint density at radius 1 is 1.06 bits per heavy atom. The molecule has 3 N–H and O–H groups in total. The van der Waals surface area contributed by atoms with E-state index in [0.29, 0.717) is 52.7 Å². The van der Waals surface area contributed by atoms with E-state index < -0.39 is 29.5 Å². The fourth-order valence-corrected chi connectivity index (χ4v) is 6.31. The molecule has 0 bridgehead atoms. The highest BCUT2D eigenvalue weighted by molar-refractivity contribution is 6.39. The number of pyridine rings is 1. The van der Waals surface area contributed by atoms with Gasteiger partial charge in [0.2, 0.25) is 5.88 Å². The number of nitrogens with zero attached hydrogens (tertiary/aromatic N) is 5. The zero-order valence-electron chi connectivity index (χ0n) is 26.5. The lowest BCUT2D eigenvalue weighted by Gasteiger charge is -2.28. The molecule has 0 radical (unpaired) electrons. The van der Waals surface area contributed by atoms with Crippen molar-refractivity contribution in [3.63, 3.8) is 0 Å². The van der Waals surface area contributed by atoms with Gasteiger partial charge in [0.15, 0.2) is 0 Å². The molecule has 2 aromatic carbocycles. The molecule has 0 unspecified atom stereocenters. The number of hydrogen-bond acceptors (Lipinski definition) is 10. The number of nitrogens with one attached hydrogen (secondary N) is 2. The van der Waals surface area contributed by atoms with Crippen molar-refractivity contribution in [1.82, 2.24) is 29.4 Å². The summed E-state index contributed by atoms with van der Waals surface area (Å²) < 4.78 is 40.6. The van der Waals surface area contributed by atoms with Crippen molar-refractivity contribution in [2.45, 2.75) is 31.5 Å². The molecule has 0 spiro atoms. The first-order valence-electron chi connectivity index (χ1n) is 15.1. The van der Waals surface area contributed by atoms with E-state index in [-0.39, 0.29) is 46.0 Å². The van der Waals surface area contributed by atoms with Gasteiger partial charge in [-0.15, -0.1) is 0 Å². The number of alkyl halides is 2. The fraction of sp³-hybridized carbons (Fsp3) is 0.303. The van der Waals surface area contributed by atoms with Crippen molar-refractivity contribution < 1.29 is 23.4 Å². The Morgan fingerprint density at radius 2 is 1.78 bits per heavy atom. The highest BCUT2D eigenvalue weighted by Gasteiger charge is 2.25. The molecular formula is C33H31Cl2F2N7O5. The van der Waals surface area contributed by atoms with Gasteiger partial charge in [-0.1, -0.05) is 53.5 Å². The maximum Gasteiger partial charge on any atom is 0.330 e. The van der Waals surface area contributed by atoms with E-state index in [1.807, 2.05) is 0 Å². The summed E-state index contributed by atoms with van der Waals surface area (Å²) >= 11 is 13.9. The number of anilines is 2. The van der Waals surface area contributed by atoms with Crippen LogP contribution in [0.15, 0.2) is 58.3 Å². The molecule has 0 amide bonds. The number of ether oxygens (including phenoxy) is 2. The molecule has 1 aliphatic rings. The summed E-state index contributed by atoms with van der Waals surface area (Å²) in [5, 5.41) is 16.8. The molecule has 256 valence electrons. The van der Waals surface area contributed by atoms with Gasteiger partial charge in [-0.25, -0.2) is 23.5 Å². The Kier molecular flexibility index (Phi) is 9.95. The predicted octanol–water partition coefficient (Wildman–Crippen LogP) is 4.99. The Balaban J connectivity index is 1.35. The van der Waals surface area contributed by atoms with E-state index in [1.54, 1.807) is 42.6 Å². The molecule has 2 atom stereocenters. The maximum atomic E-state index is 13.9. The van der Waals surface area contributed by atoms with E-state index in [0.717, 1.165) is 15.2 Å². The van der Waals surface area contributed by atoms with Crippen molar-refractivity contribution in [3.8, 4) is 28.3 Å². The van der Waals surface area contributed by atoms with Gasteiger partial charge < -0.3 is 25.2 Å². The van der Waals surface area contributed by atoms with E-state index in [4.69, 9.17) is 32.7 Å². The summed E-state index contributed by atoms with van der Waals surface area (Å²) in [6.07, 6.45) is -1.37. The average Bonchev–Trinajstić information content (AvgIpc) is 3.10. The third kappa shape index (κ3) is 6.62. The van der Waals surface area contributed by atoms with E-state index in [2.05, 4.69) is 25.6 Å². The van der Waals surface area contributed by atoms with Crippen molar-refractivity contribution in [1.29, 1.82) is 0 Å². The van der Waals surface area contributed by atoms with E-state index in [1.165, 1.54) is 21.2 Å². The smallest absolute Gasteiger partial charge is 0.330 e. The van der Waals surface area contributed by atoms with Crippen molar-refractivity contribution in [3.05, 3.63) is 90.9 Å². The quantitative estimate of drug-likeness (QED) is 0.191. The van der Waals surface area contributed by atoms with Gasteiger partial charge in [0, 0.05) is 50.0 Å². The van der Waals surface area contributed by atoms with Gasteiger partial charge in [0.25, 0.3) is 12.0 Å². The zero-order valence-corrected chi connectivity index (χ0v) is 28.0. The lowest BCUT2D eigenvalue weighted by Crippen LogP contribution is -2.46. The van der Waals surface area contributed by atoms with E-state index in [9.17, 15) is 23.5 Å². The van der Waals surface area contributed by atoms with Gasteiger partial charge in [0.1, 0.15) is 22.6 Å². The highest BCUT2D eigenvalue weighted by Crippen LogP contribution is 2.42. The standard InChI is InChI=1S/C33H31Cl2F2N7O5/c1-43-24-12-21(29(36)37)41-30(26(24)32(46)44(2)33(43)47)40-20-9-5-7-17(28(20)35)16-6-4-8-18(27(16)34)22-13-39-23(31(42-22)48-3)14-38-19-10-11-49-15-25(19)45/h4-9,12-13,19,25,29,38,45H,10-11,14-15H2,1-3H3,(H,40,41)/t19-,25-/m1/s1. The number of halogens is 4. The number of aromatic nitrogens is 5. The van der Waals surface area contributed by atoms with Crippen LogP contribution in [0.4, 0.5) is 20.3 Å². The second-order valence-electron chi connectivity index (χ2n) is 11.4. The van der Waals surface area contributed by atoms with Crippen LogP contribution < -0.4 is 26.6 Å². The zero-order chi connectivity index (χ0) is 35.0. The Bertz CT molecular complexity index is 2180. The van der Waals surface area contributed by atoms with Gasteiger partial charge in [-0.2, -0.15) is 0 Å². The van der Waals surface area contributed by atoms with Crippen molar-refractivity contribution in [2.75, 3.05) is 25.6 Å². The number of hydrogen-bond donors (Lipinski definition) is 3. The molecule has 5 aromatic rings. The molecule has 4 heterocycles. The summed E-state index contributed by atoms with van der Waals surface area (Å²) in [6, 6.07) is 11.2. The number of aryl methyl sites for hydroxylation is 1.